The second kappa shape index (κ2) is 8.85. The molecular weight excluding hydrogens is 500 g/mol. The van der Waals surface area contributed by atoms with E-state index in [0.29, 0.717) is 43.3 Å². The largest absolute Gasteiger partial charge is 0.444 e. The number of aldehydes is 1. The van der Waals surface area contributed by atoms with Gasteiger partial charge in [-0.2, -0.15) is 0 Å². The average Bonchev–Trinajstić information content (AvgIpc) is 2.66. The summed E-state index contributed by atoms with van der Waals surface area (Å²) < 4.78 is 20.2. The van der Waals surface area contributed by atoms with E-state index in [1.165, 1.54) is 0 Å². The van der Waals surface area contributed by atoms with Gasteiger partial charge in [0.2, 0.25) is 0 Å². The van der Waals surface area contributed by atoms with Crippen molar-refractivity contribution in [2.24, 2.45) is 0 Å². The molecule has 2 aromatic rings. The number of fused-ring (bicyclic) bond motifs is 1. The van der Waals surface area contributed by atoms with Crippen LogP contribution < -0.4 is 5.32 Å². The molecular formula is C20H21BrCl2FN3O3. The Kier molecular flexibility index (Phi) is 6.79. The molecule has 1 saturated heterocycles. The third-order valence-electron chi connectivity index (χ3n) is 4.72. The Labute approximate surface area is 192 Å². The fourth-order valence-corrected chi connectivity index (χ4v) is 4.01. The van der Waals surface area contributed by atoms with Crippen LogP contribution in [-0.4, -0.2) is 47.0 Å². The maximum atomic E-state index is 14.7. The third-order valence-corrected chi connectivity index (χ3v) is 6.31. The summed E-state index contributed by atoms with van der Waals surface area (Å²) in [5.74, 6) is -0.653. The lowest BCUT2D eigenvalue weighted by molar-refractivity contribution is 0.0210. The number of benzene rings is 1. The van der Waals surface area contributed by atoms with Crippen molar-refractivity contribution < 1.29 is 18.7 Å². The van der Waals surface area contributed by atoms with Crippen LogP contribution in [-0.2, 0) is 4.74 Å². The highest BCUT2D eigenvalue weighted by Crippen LogP contribution is 2.38. The summed E-state index contributed by atoms with van der Waals surface area (Å²) in [4.78, 5) is 29.6. The zero-order chi connectivity index (χ0) is 22.2. The average molecular weight is 521 g/mol. The number of carbonyl (C=O) groups is 2. The van der Waals surface area contributed by atoms with Crippen molar-refractivity contribution in [1.29, 1.82) is 0 Å². The molecule has 1 aromatic carbocycles. The van der Waals surface area contributed by atoms with Crippen molar-refractivity contribution in [2.45, 2.75) is 45.3 Å². The van der Waals surface area contributed by atoms with Gasteiger partial charge in [-0.3, -0.25) is 4.79 Å². The number of aromatic nitrogens is 1. The molecule has 1 aromatic heterocycles. The monoisotopic (exact) mass is 519 g/mol. The molecule has 1 aliphatic rings. The molecule has 3 rings (SSSR count). The minimum atomic E-state index is -0.653. The summed E-state index contributed by atoms with van der Waals surface area (Å²) in [6.45, 7) is 6.43. The number of pyridine rings is 1. The maximum absolute atomic E-state index is 14.7. The Morgan fingerprint density at radius 2 is 2.00 bits per heavy atom. The number of hydrogen-bond donors (Lipinski definition) is 1. The first-order valence-electron chi connectivity index (χ1n) is 9.38. The number of likely N-dealkylation sites (tertiary alicyclic amines) is 1. The van der Waals surface area contributed by atoms with E-state index < -0.39 is 11.4 Å². The number of rotatable bonds is 3. The number of ether oxygens (including phenoxy) is 1. The Hall–Kier alpha value is -1.64. The van der Waals surface area contributed by atoms with E-state index >= 15 is 0 Å². The predicted molar refractivity (Wildman–Crippen MR) is 119 cm³/mol. The van der Waals surface area contributed by atoms with Crippen molar-refractivity contribution in [3.63, 3.8) is 0 Å². The van der Waals surface area contributed by atoms with Gasteiger partial charge in [-0.05, 0) is 55.6 Å². The van der Waals surface area contributed by atoms with E-state index in [1.807, 2.05) is 20.8 Å². The van der Waals surface area contributed by atoms with Crippen molar-refractivity contribution in [1.82, 2.24) is 9.88 Å². The number of nitrogens with one attached hydrogen (secondary N) is 1. The van der Waals surface area contributed by atoms with Gasteiger partial charge >= 0.3 is 6.09 Å². The van der Waals surface area contributed by atoms with Crippen LogP contribution in [0.2, 0.25) is 10.2 Å². The summed E-state index contributed by atoms with van der Waals surface area (Å²) in [5, 5.41) is 3.71. The van der Waals surface area contributed by atoms with Crippen LogP contribution in [0.1, 0.15) is 44.0 Å². The molecule has 1 N–H and O–H groups in total. The van der Waals surface area contributed by atoms with Crippen molar-refractivity contribution >= 4 is 68.1 Å². The first-order valence-corrected chi connectivity index (χ1v) is 10.9. The lowest BCUT2D eigenvalue weighted by atomic mass is 10.0. The second-order valence-corrected chi connectivity index (χ2v) is 9.64. The molecule has 30 heavy (non-hydrogen) atoms. The van der Waals surface area contributed by atoms with E-state index in [0.717, 1.165) is 0 Å². The van der Waals surface area contributed by atoms with E-state index in [1.54, 1.807) is 11.0 Å². The Morgan fingerprint density at radius 3 is 2.57 bits per heavy atom. The van der Waals surface area contributed by atoms with Gasteiger partial charge in [0.05, 0.1) is 20.7 Å². The topological polar surface area (TPSA) is 71.5 Å². The summed E-state index contributed by atoms with van der Waals surface area (Å²) >= 11 is 15.4. The number of nitrogens with zero attached hydrogens (tertiary/aromatic N) is 2. The van der Waals surface area contributed by atoms with Gasteiger partial charge in [-0.15, -0.1) is 0 Å². The lowest BCUT2D eigenvalue weighted by Crippen LogP contribution is -2.44. The van der Waals surface area contributed by atoms with Crippen LogP contribution in [0.4, 0.5) is 14.9 Å². The lowest BCUT2D eigenvalue weighted by Gasteiger charge is -2.34. The summed E-state index contributed by atoms with van der Waals surface area (Å²) in [5.41, 5.74) is -0.0360. The molecule has 0 radical (unpaired) electrons. The molecule has 6 nitrogen and oxygen atoms in total. The Bertz CT molecular complexity index is 1010. The van der Waals surface area contributed by atoms with Gasteiger partial charge in [-0.25, -0.2) is 14.2 Å². The van der Waals surface area contributed by atoms with Crippen LogP contribution in [0.25, 0.3) is 10.9 Å². The molecule has 0 unspecified atom stereocenters. The number of halogens is 4. The summed E-state index contributed by atoms with van der Waals surface area (Å²) in [6.07, 6.45) is 1.46. The van der Waals surface area contributed by atoms with Crippen LogP contribution in [0.5, 0.6) is 0 Å². The van der Waals surface area contributed by atoms with Crippen molar-refractivity contribution in [3.05, 3.63) is 32.1 Å². The van der Waals surface area contributed by atoms with Gasteiger partial charge in [0, 0.05) is 24.5 Å². The highest BCUT2D eigenvalue weighted by Gasteiger charge is 2.28. The first-order chi connectivity index (χ1) is 14.0. The Balaban J connectivity index is 1.86. The first kappa shape index (κ1) is 23.0. The standard InChI is InChI=1S/C20H21BrCl2FN3O3/c1-20(2,3)30-19(29)27-6-4-10(5-7-27)25-16-11-8-13(22)14(21)15(24)17(11)26-18(23)12(16)9-28/h8-10H,4-7H2,1-3H3,(H,25,26). The van der Waals surface area contributed by atoms with Gasteiger partial charge in [-0.1, -0.05) is 23.2 Å². The molecule has 1 aliphatic heterocycles. The van der Waals surface area contributed by atoms with Crippen LogP contribution >= 0.6 is 39.1 Å². The number of piperidine rings is 1. The van der Waals surface area contributed by atoms with Crippen molar-refractivity contribution in [3.8, 4) is 0 Å². The zero-order valence-corrected chi connectivity index (χ0v) is 19.8. The normalized spacial score (nSPS) is 15.4. The minimum absolute atomic E-state index is 0.00978. The van der Waals surface area contributed by atoms with Crippen molar-refractivity contribution in [2.75, 3.05) is 18.4 Å². The van der Waals surface area contributed by atoms with E-state index in [2.05, 4.69) is 26.2 Å². The van der Waals surface area contributed by atoms with Crippen LogP contribution in [0.3, 0.4) is 0 Å². The summed E-state index contributed by atoms with van der Waals surface area (Å²) in [6, 6.07) is 1.48. The smallest absolute Gasteiger partial charge is 0.410 e. The third kappa shape index (κ3) is 4.81. The summed E-state index contributed by atoms with van der Waals surface area (Å²) in [7, 11) is 0. The highest BCUT2D eigenvalue weighted by molar-refractivity contribution is 9.10. The molecule has 10 heteroatoms. The SMILES string of the molecule is CC(C)(C)OC(=O)N1CCC(Nc2c(C=O)c(Cl)nc3c(F)c(Br)c(Cl)cc23)CC1. The molecule has 0 atom stereocenters. The van der Waals surface area contributed by atoms with E-state index in [-0.39, 0.29) is 37.9 Å². The molecule has 1 fully saturated rings. The van der Waals surface area contributed by atoms with E-state index in [9.17, 15) is 14.0 Å². The van der Waals surface area contributed by atoms with E-state index in [4.69, 9.17) is 27.9 Å². The molecule has 0 aliphatic carbocycles. The van der Waals surface area contributed by atoms with Gasteiger partial charge in [0.15, 0.2) is 12.1 Å². The Morgan fingerprint density at radius 1 is 1.37 bits per heavy atom. The molecule has 0 bridgehead atoms. The molecule has 0 saturated carbocycles. The molecule has 0 spiro atoms. The van der Waals surface area contributed by atoms with Gasteiger partial charge < -0.3 is 15.0 Å². The quantitative estimate of drug-likeness (QED) is 0.302. The highest BCUT2D eigenvalue weighted by atomic mass is 79.9. The van der Waals surface area contributed by atoms with Gasteiger partial charge in [0.25, 0.3) is 0 Å². The minimum Gasteiger partial charge on any atom is -0.444 e. The zero-order valence-electron chi connectivity index (χ0n) is 16.7. The number of hydrogen-bond acceptors (Lipinski definition) is 5. The number of anilines is 1. The fourth-order valence-electron chi connectivity index (χ4n) is 3.29. The predicted octanol–water partition coefficient (Wildman–Crippen LogP) is 6.07. The molecule has 1 amide bonds. The number of amides is 1. The fraction of sp³-hybridized carbons (Fsp3) is 0.450. The maximum Gasteiger partial charge on any atom is 0.410 e. The van der Waals surface area contributed by atoms with Gasteiger partial charge in [0.1, 0.15) is 16.3 Å². The van der Waals surface area contributed by atoms with Crippen LogP contribution in [0, 0.1) is 5.82 Å². The second-order valence-electron chi connectivity index (χ2n) is 8.08. The van der Waals surface area contributed by atoms with Crippen LogP contribution in [0.15, 0.2) is 10.5 Å². The molecule has 2 heterocycles. The molecule has 162 valence electrons. The number of carbonyl (C=O) groups excluding carboxylic acids is 2.